The van der Waals surface area contributed by atoms with Crippen LogP contribution >= 0.6 is 15.9 Å². The van der Waals surface area contributed by atoms with Crippen LogP contribution in [-0.4, -0.2) is 36.2 Å². The second-order valence-electron chi connectivity index (χ2n) is 5.57. The van der Waals surface area contributed by atoms with E-state index in [0.717, 1.165) is 4.90 Å². The Hall–Kier alpha value is -3.27. The number of ketones is 1. The summed E-state index contributed by atoms with van der Waals surface area (Å²) in [6.45, 7) is -0.456. The molecule has 1 N–H and O–H groups in total. The van der Waals surface area contributed by atoms with E-state index in [0.29, 0.717) is 10.2 Å². The lowest BCUT2D eigenvalue weighted by atomic mass is 10.1. The molecule has 0 saturated carbocycles. The van der Waals surface area contributed by atoms with Gasteiger partial charge in [-0.3, -0.25) is 29.4 Å². The number of nitrogens with one attached hydrogen (secondary N) is 1. The highest BCUT2D eigenvalue weighted by Gasteiger charge is 2.37. The maximum Gasteiger partial charge on any atom is 0.299 e. The van der Waals surface area contributed by atoms with Crippen molar-refractivity contribution in [1.29, 1.82) is 0 Å². The van der Waals surface area contributed by atoms with E-state index < -0.39 is 29.1 Å². The highest BCUT2D eigenvalue weighted by atomic mass is 79.9. The average Bonchev–Trinajstić information content (AvgIpc) is 2.86. The van der Waals surface area contributed by atoms with Crippen LogP contribution in [0, 0.1) is 10.1 Å². The molecule has 2 aromatic carbocycles. The lowest BCUT2D eigenvalue weighted by molar-refractivity contribution is -0.384. The second-order valence-corrected chi connectivity index (χ2v) is 6.49. The predicted molar refractivity (Wildman–Crippen MR) is 99.1 cm³/mol. The zero-order valence-corrected chi connectivity index (χ0v) is 15.5. The Bertz CT molecular complexity index is 991. The van der Waals surface area contributed by atoms with Crippen LogP contribution in [-0.2, 0) is 9.59 Å². The Labute approximate surface area is 161 Å². The minimum Gasteiger partial charge on any atom is -0.496 e. The summed E-state index contributed by atoms with van der Waals surface area (Å²) in [5.41, 5.74) is 0.112. The highest BCUT2D eigenvalue weighted by Crippen LogP contribution is 2.32. The Balaban J connectivity index is 1.82. The molecule has 138 valence electrons. The Morgan fingerprint density at radius 3 is 2.67 bits per heavy atom. The number of amides is 2. The number of nitro groups is 1. The maximum atomic E-state index is 12.3. The summed E-state index contributed by atoms with van der Waals surface area (Å²) in [6.07, 6.45) is 0. The molecule has 2 amide bonds. The topological polar surface area (TPSA) is 119 Å². The number of nitro benzene ring substituents is 1. The molecule has 1 aliphatic heterocycles. The van der Waals surface area contributed by atoms with Gasteiger partial charge < -0.3 is 10.1 Å². The first-order chi connectivity index (χ1) is 12.8. The third-order valence-corrected chi connectivity index (χ3v) is 4.40. The van der Waals surface area contributed by atoms with E-state index in [1.807, 2.05) is 0 Å². The summed E-state index contributed by atoms with van der Waals surface area (Å²) in [4.78, 5) is 48.2. The Morgan fingerprint density at radius 2 is 2.00 bits per heavy atom. The molecule has 0 atom stereocenters. The van der Waals surface area contributed by atoms with Crippen molar-refractivity contribution in [3.8, 4) is 5.75 Å². The lowest BCUT2D eigenvalue weighted by Gasteiger charge is -2.16. The van der Waals surface area contributed by atoms with E-state index >= 15 is 0 Å². The van der Waals surface area contributed by atoms with Gasteiger partial charge in [-0.2, -0.15) is 0 Å². The van der Waals surface area contributed by atoms with Crippen LogP contribution in [0.4, 0.5) is 17.1 Å². The number of rotatable bonds is 5. The van der Waals surface area contributed by atoms with Gasteiger partial charge in [0.15, 0.2) is 0 Å². The summed E-state index contributed by atoms with van der Waals surface area (Å²) in [5, 5.41) is 13.6. The molecule has 9 nitrogen and oxygen atoms in total. The standard InChI is InChI=1S/C17H12BrN3O6/c1-27-10-3-4-12(14(7-10)21(25)26)19-15(22)8-20-13-5-2-9(18)6-11(13)16(23)17(20)24/h2-7H,8H2,1H3,(H,19,22). The monoisotopic (exact) mass is 433 g/mol. The fraction of sp³-hybridized carbons (Fsp3) is 0.118. The molecule has 0 radical (unpaired) electrons. The molecule has 27 heavy (non-hydrogen) atoms. The number of carbonyl (C=O) groups is 3. The molecule has 3 rings (SSSR count). The molecule has 0 saturated heterocycles. The predicted octanol–water partition coefficient (Wildman–Crippen LogP) is 2.53. The number of Topliss-reactive ketones (excluding diaryl/α,β-unsaturated/α-hetero) is 1. The van der Waals surface area contributed by atoms with Gasteiger partial charge in [0, 0.05) is 4.47 Å². The van der Waals surface area contributed by atoms with Crippen molar-refractivity contribution in [3.63, 3.8) is 0 Å². The number of hydrogen-bond acceptors (Lipinski definition) is 6. The zero-order chi connectivity index (χ0) is 19.7. The van der Waals surface area contributed by atoms with Gasteiger partial charge in [-0.25, -0.2) is 0 Å². The quantitative estimate of drug-likeness (QED) is 0.439. The molecule has 1 heterocycles. The van der Waals surface area contributed by atoms with Gasteiger partial charge in [-0.05, 0) is 30.3 Å². The van der Waals surface area contributed by atoms with E-state index in [1.54, 1.807) is 12.1 Å². The normalized spacial score (nSPS) is 12.7. The van der Waals surface area contributed by atoms with Crippen molar-refractivity contribution in [2.24, 2.45) is 0 Å². The number of fused-ring (bicyclic) bond motifs is 1. The first-order valence-corrected chi connectivity index (χ1v) is 8.39. The van der Waals surface area contributed by atoms with Crippen LogP contribution in [0.5, 0.6) is 5.75 Å². The number of benzene rings is 2. The molecule has 0 bridgehead atoms. The summed E-state index contributed by atoms with van der Waals surface area (Å²) < 4.78 is 5.56. The van der Waals surface area contributed by atoms with Gasteiger partial charge in [0.1, 0.15) is 18.0 Å². The van der Waals surface area contributed by atoms with E-state index in [-0.39, 0.29) is 22.7 Å². The minimum absolute atomic E-state index is 0.0418. The Morgan fingerprint density at radius 1 is 1.26 bits per heavy atom. The molecular weight excluding hydrogens is 422 g/mol. The molecule has 0 aliphatic carbocycles. The Kier molecular flexibility index (Phi) is 4.91. The van der Waals surface area contributed by atoms with Gasteiger partial charge in [0.2, 0.25) is 5.91 Å². The van der Waals surface area contributed by atoms with E-state index in [4.69, 9.17) is 4.74 Å². The molecule has 1 aliphatic rings. The van der Waals surface area contributed by atoms with Crippen molar-refractivity contribution in [2.45, 2.75) is 0 Å². The minimum atomic E-state index is -0.831. The van der Waals surface area contributed by atoms with Gasteiger partial charge in [0.05, 0.1) is 29.4 Å². The van der Waals surface area contributed by atoms with E-state index in [9.17, 15) is 24.5 Å². The number of halogens is 1. The molecule has 0 aromatic heterocycles. The van der Waals surface area contributed by atoms with E-state index in [2.05, 4.69) is 21.2 Å². The van der Waals surface area contributed by atoms with Crippen molar-refractivity contribution in [3.05, 3.63) is 56.5 Å². The van der Waals surface area contributed by atoms with E-state index in [1.165, 1.54) is 31.4 Å². The first-order valence-electron chi connectivity index (χ1n) is 7.60. The van der Waals surface area contributed by atoms with Crippen LogP contribution in [0.15, 0.2) is 40.9 Å². The number of anilines is 2. The van der Waals surface area contributed by atoms with Crippen LogP contribution in [0.1, 0.15) is 10.4 Å². The fourth-order valence-corrected chi connectivity index (χ4v) is 3.02. The molecule has 0 unspecified atom stereocenters. The van der Waals surface area contributed by atoms with Crippen LogP contribution in [0.2, 0.25) is 0 Å². The number of hydrogen-bond donors (Lipinski definition) is 1. The number of ether oxygens (including phenoxy) is 1. The molecule has 0 spiro atoms. The third-order valence-electron chi connectivity index (χ3n) is 3.91. The van der Waals surface area contributed by atoms with Gasteiger partial charge in [0.25, 0.3) is 17.4 Å². The molecule has 0 fully saturated rings. The largest absolute Gasteiger partial charge is 0.496 e. The van der Waals surface area contributed by atoms with Crippen molar-refractivity contribution >= 4 is 50.6 Å². The summed E-state index contributed by atoms with van der Waals surface area (Å²) >= 11 is 3.23. The van der Waals surface area contributed by atoms with Crippen molar-refractivity contribution in [1.82, 2.24) is 0 Å². The second kappa shape index (κ2) is 7.16. The number of methoxy groups -OCH3 is 1. The maximum absolute atomic E-state index is 12.3. The van der Waals surface area contributed by atoms with Crippen LogP contribution < -0.4 is 15.0 Å². The third kappa shape index (κ3) is 3.51. The molecular formula is C17H12BrN3O6. The van der Waals surface area contributed by atoms with Crippen LogP contribution in [0.3, 0.4) is 0 Å². The molecule has 10 heteroatoms. The van der Waals surface area contributed by atoms with Gasteiger partial charge in [-0.15, -0.1) is 0 Å². The number of nitrogens with zero attached hydrogens (tertiary/aromatic N) is 2. The van der Waals surface area contributed by atoms with Gasteiger partial charge >= 0.3 is 0 Å². The number of carbonyl (C=O) groups excluding carboxylic acids is 3. The lowest BCUT2D eigenvalue weighted by Crippen LogP contribution is -2.37. The van der Waals surface area contributed by atoms with Crippen molar-refractivity contribution < 1.29 is 24.0 Å². The fourth-order valence-electron chi connectivity index (χ4n) is 2.66. The smallest absolute Gasteiger partial charge is 0.299 e. The SMILES string of the molecule is COc1ccc(NC(=O)CN2C(=O)C(=O)c3cc(Br)ccc32)c([N+](=O)[O-])c1. The van der Waals surface area contributed by atoms with Crippen molar-refractivity contribution in [2.75, 3.05) is 23.9 Å². The first kappa shape index (κ1) is 18.5. The summed E-state index contributed by atoms with van der Waals surface area (Å²) in [7, 11) is 1.36. The van der Waals surface area contributed by atoms with Gasteiger partial charge in [-0.1, -0.05) is 15.9 Å². The highest BCUT2D eigenvalue weighted by molar-refractivity contribution is 9.10. The molecule has 2 aromatic rings. The summed E-state index contributed by atoms with van der Waals surface area (Å²) in [6, 6.07) is 8.65. The van der Waals surface area contributed by atoms with Crippen LogP contribution in [0.25, 0.3) is 0 Å². The average molecular weight is 434 g/mol. The summed E-state index contributed by atoms with van der Waals surface area (Å²) in [5.74, 6) is -1.96. The zero-order valence-electron chi connectivity index (χ0n) is 13.9.